The van der Waals surface area contributed by atoms with Gasteiger partial charge in [-0.25, -0.2) is 4.79 Å². The SMILES string of the molecule is C=CC(=O)OCCOCCOCCO. The van der Waals surface area contributed by atoms with Gasteiger partial charge in [0, 0.05) is 6.08 Å². The van der Waals surface area contributed by atoms with Crippen LogP contribution in [0.25, 0.3) is 0 Å². The molecule has 5 nitrogen and oxygen atoms in total. The maximum absolute atomic E-state index is 10.5. The summed E-state index contributed by atoms with van der Waals surface area (Å²) >= 11 is 0. The van der Waals surface area contributed by atoms with Crippen LogP contribution < -0.4 is 0 Å². The van der Waals surface area contributed by atoms with Crippen molar-refractivity contribution in [1.29, 1.82) is 0 Å². The molecule has 0 amide bonds. The molecule has 0 saturated carbocycles. The van der Waals surface area contributed by atoms with Crippen molar-refractivity contribution in [1.82, 2.24) is 0 Å². The van der Waals surface area contributed by atoms with Gasteiger partial charge in [-0.15, -0.1) is 0 Å². The third kappa shape index (κ3) is 9.18. The van der Waals surface area contributed by atoms with Crippen LogP contribution in [-0.4, -0.2) is 50.7 Å². The van der Waals surface area contributed by atoms with Gasteiger partial charge in [-0.05, 0) is 0 Å². The maximum atomic E-state index is 10.5. The number of hydrogen-bond donors (Lipinski definition) is 1. The highest BCUT2D eigenvalue weighted by molar-refractivity contribution is 5.81. The van der Waals surface area contributed by atoms with E-state index in [2.05, 4.69) is 11.3 Å². The first-order valence-electron chi connectivity index (χ1n) is 4.36. The minimum Gasteiger partial charge on any atom is -0.460 e. The molecular formula is C9H16O5. The highest BCUT2D eigenvalue weighted by Gasteiger charge is 1.94. The Kier molecular flexibility index (Phi) is 9.51. The molecule has 1 N–H and O–H groups in total. The number of esters is 1. The summed E-state index contributed by atoms with van der Waals surface area (Å²) in [5.74, 6) is -0.454. The fraction of sp³-hybridized carbons (Fsp3) is 0.667. The minimum absolute atomic E-state index is 0.0109. The smallest absolute Gasteiger partial charge is 0.330 e. The second kappa shape index (κ2) is 10.2. The zero-order valence-corrected chi connectivity index (χ0v) is 8.11. The molecular weight excluding hydrogens is 188 g/mol. The largest absolute Gasteiger partial charge is 0.460 e. The maximum Gasteiger partial charge on any atom is 0.330 e. The first-order chi connectivity index (χ1) is 6.81. The Morgan fingerprint density at radius 2 is 1.71 bits per heavy atom. The van der Waals surface area contributed by atoms with Crippen LogP contribution in [-0.2, 0) is 19.0 Å². The molecule has 0 aromatic rings. The fourth-order valence-electron chi connectivity index (χ4n) is 0.647. The quantitative estimate of drug-likeness (QED) is 0.318. The van der Waals surface area contributed by atoms with Crippen molar-refractivity contribution >= 4 is 5.97 Å². The lowest BCUT2D eigenvalue weighted by atomic mass is 10.6. The summed E-state index contributed by atoms with van der Waals surface area (Å²) in [5.41, 5.74) is 0. The van der Waals surface area contributed by atoms with Gasteiger partial charge < -0.3 is 19.3 Å². The van der Waals surface area contributed by atoms with Crippen LogP contribution in [0.15, 0.2) is 12.7 Å². The predicted octanol–water partition coefficient (Wildman–Crippen LogP) is -0.259. The van der Waals surface area contributed by atoms with Crippen molar-refractivity contribution in [3.8, 4) is 0 Å². The van der Waals surface area contributed by atoms with Crippen molar-refractivity contribution in [3.05, 3.63) is 12.7 Å². The van der Waals surface area contributed by atoms with Crippen molar-refractivity contribution in [2.45, 2.75) is 0 Å². The summed E-state index contributed by atoms with van der Waals surface area (Å²) in [6.45, 7) is 4.97. The van der Waals surface area contributed by atoms with E-state index in [1.165, 1.54) is 0 Å². The molecule has 0 aromatic heterocycles. The zero-order valence-electron chi connectivity index (χ0n) is 8.11. The first kappa shape index (κ1) is 13.1. The molecule has 0 aromatic carbocycles. The van der Waals surface area contributed by atoms with Crippen molar-refractivity contribution < 1.29 is 24.1 Å². The molecule has 82 valence electrons. The number of carbonyl (C=O) groups is 1. The molecule has 0 aliphatic heterocycles. The molecule has 0 spiro atoms. The van der Waals surface area contributed by atoms with Crippen molar-refractivity contribution in [2.24, 2.45) is 0 Å². The Morgan fingerprint density at radius 3 is 2.29 bits per heavy atom. The minimum atomic E-state index is -0.454. The van der Waals surface area contributed by atoms with Gasteiger partial charge >= 0.3 is 5.97 Å². The second-order valence-corrected chi connectivity index (χ2v) is 2.32. The lowest BCUT2D eigenvalue weighted by Gasteiger charge is -2.04. The first-order valence-corrected chi connectivity index (χ1v) is 4.36. The van der Waals surface area contributed by atoms with Crippen LogP contribution in [0.2, 0.25) is 0 Å². The van der Waals surface area contributed by atoms with Crippen LogP contribution in [0.1, 0.15) is 0 Å². The Balaban J connectivity index is 2.99. The second-order valence-electron chi connectivity index (χ2n) is 2.32. The molecule has 0 bridgehead atoms. The molecule has 0 unspecified atom stereocenters. The molecule has 0 saturated heterocycles. The topological polar surface area (TPSA) is 65.0 Å². The molecule has 0 radical (unpaired) electrons. The van der Waals surface area contributed by atoms with Crippen molar-refractivity contribution in [2.75, 3.05) is 39.6 Å². The molecule has 0 rings (SSSR count). The summed E-state index contributed by atoms with van der Waals surface area (Å²) in [6, 6.07) is 0. The van der Waals surface area contributed by atoms with Gasteiger partial charge in [-0.2, -0.15) is 0 Å². The lowest BCUT2D eigenvalue weighted by molar-refractivity contribution is -0.139. The summed E-state index contributed by atoms with van der Waals surface area (Å²) < 4.78 is 14.6. The number of aliphatic hydroxyl groups is 1. The highest BCUT2D eigenvalue weighted by Crippen LogP contribution is 1.82. The third-order valence-electron chi connectivity index (χ3n) is 1.25. The van der Waals surface area contributed by atoms with Gasteiger partial charge in [0.1, 0.15) is 6.61 Å². The summed E-state index contributed by atoms with van der Waals surface area (Å²) in [6.07, 6.45) is 1.10. The molecule has 0 heterocycles. The van der Waals surface area contributed by atoms with Gasteiger partial charge in [0.2, 0.25) is 0 Å². The zero-order chi connectivity index (χ0) is 10.6. The molecule has 14 heavy (non-hydrogen) atoms. The molecule has 0 aliphatic carbocycles. The fourth-order valence-corrected chi connectivity index (χ4v) is 0.647. The van der Waals surface area contributed by atoms with E-state index in [1.807, 2.05) is 0 Å². The molecule has 0 atom stereocenters. The van der Waals surface area contributed by atoms with Crippen LogP contribution >= 0.6 is 0 Å². The average Bonchev–Trinajstić information content (AvgIpc) is 2.21. The summed E-state index contributed by atoms with van der Waals surface area (Å²) in [4.78, 5) is 10.5. The Labute approximate surface area is 83.3 Å². The van der Waals surface area contributed by atoms with Crippen molar-refractivity contribution in [3.63, 3.8) is 0 Å². The van der Waals surface area contributed by atoms with E-state index in [4.69, 9.17) is 14.6 Å². The molecule has 0 aliphatic rings. The van der Waals surface area contributed by atoms with E-state index < -0.39 is 5.97 Å². The summed E-state index contributed by atoms with van der Waals surface area (Å²) in [5, 5.41) is 8.36. The van der Waals surface area contributed by atoms with Crippen LogP contribution in [0, 0.1) is 0 Å². The van der Waals surface area contributed by atoms with E-state index in [0.717, 1.165) is 6.08 Å². The average molecular weight is 204 g/mol. The Bertz CT molecular complexity index is 157. The predicted molar refractivity (Wildman–Crippen MR) is 49.9 cm³/mol. The number of aliphatic hydroxyl groups excluding tert-OH is 1. The normalized spacial score (nSPS) is 9.79. The number of hydrogen-bond acceptors (Lipinski definition) is 5. The summed E-state index contributed by atoms with van der Waals surface area (Å²) in [7, 11) is 0. The van der Waals surface area contributed by atoms with Crippen LogP contribution in [0.5, 0.6) is 0 Å². The van der Waals surface area contributed by atoms with E-state index in [-0.39, 0.29) is 13.2 Å². The Hall–Kier alpha value is -0.910. The van der Waals surface area contributed by atoms with E-state index in [1.54, 1.807) is 0 Å². The van der Waals surface area contributed by atoms with Gasteiger partial charge in [0.15, 0.2) is 0 Å². The number of ether oxygens (including phenoxy) is 3. The standard InChI is InChI=1S/C9H16O5/c1-2-9(11)14-8-7-13-6-5-12-4-3-10/h2,10H,1,3-8H2. The van der Waals surface area contributed by atoms with E-state index in [0.29, 0.717) is 26.4 Å². The van der Waals surface area contributed by atoms with Crippen LogP contribution in [0.3, 0.4) is 0 Å². The lowest BCUT2D eigenvalue weighted by Crippen LogP contribution is -2.12. The monoisotopic (exact) mass is 204 g/mol. The Morgan fingerprint density at radius 1 is 1.14 bits per heavy atom. The van der Waals surface area contributed by atoms with Crippen LogP contribution in [0.4, 0.5) is 0 Å². The third-order valence-corrected chi connectivity index (χ3v) is 1.25. The number of carbonyl (C=O) groups excluding carboxylic acids is 1. The highest BCUT2D eigenvalue weighted by atomic mass is 16.6. The van der Waals surface area contributed by atoms with Gasteiger partial charge in [-0.3, -0.25) is 0 Å². The van der Waals surface area contributed by atoms with Gasteiger partial charge in [0.25, 0.3) is 0 Å². The van der Waals surface area contributed by atoms with E-state index in [9.17, 15) is 4.79 Å². The van der Waals surface area contributed by atoms with E-state index >= 15 is 0 Å². The number of rotatable bonds is 9. The van der Waals surface area contributed by atoms with Gasteiger partial charge in [0.05, 0.1) is 33.0 Å². The molecule has 5 heteroatoms. The van der Waals surface area contributed by atoms with Gasteiger partial charge in [-0.1, -0.05) is 6.58 Å². The molecule has 0 fully saturated rings.